The first-order valence-electron chi connectivity index (χ1n) is 7.97. The van der Waals surface area contributed by atoms with E-state index in [2.05, 4.69) is 30.2 Å². The molecule has 0 saturated carbocycles. The van der Waals surface area contributed by atoms with Crippen LogP contribution in [0.25, 0.3) is 10.4 Å². The van der Waals surface area contributed by atoms with E-state index in [0.717, 1.165) is 18.7 Å². The number of carbonyl (C=O) groups excluding carboxylic acids is 1. The highest BCUT2D eigenvalue weighted by atomic mass is 32.1. The first-order valence-corrected chi connectivity index (χ1v) is 8.78. The van der Waals surface area contributed by atoms with Crippen molar-refractivity contribution >= 4 is 22.4 Å². The van der Waals surface area contributed by atoms with Gasteiger partial charge in [-0.15, -0.1) is 0 Å². The number of methoxy groups -OCH3 is 3. The highest BCUT2D eigenvalue weighted by Crippen LogP contribution is 2.42. The zero-order chi connectivity index (χ0) is 21.9. The minimum atomic E-state index is -4.78. The van der Waals surface area contributed by atoms with Crippen LogP contribution in [0.3, 0.4) is 0 Å². The van der Waals surface area contributed by atoms with Crippen molar-refractivity contribution in [3.05, 3.63) is 30.0 Å². The van der Waals surface area contributed by atoms with Gasteiger partial charge in [0.25, 0.3) is 5.91 Å². The Morgan fingerprint density at radius 2 is 1.60 bits per heavy atom. The summed E-state index contributed by atoms with van der Waals surface area (Å²) in [6.07, 6.45) is -1.34. The van der Waals surface area contributed by atoms with E-state index in [1.54, 1.807) is 0 Å². The highest BCUT2D eigenvalue weighted by molar-refractivity contribution is 7.19. The quantitative estimate of drug-likeness (QED) is 0.614. The fourth-order valence-corrected chi connectivity index (χ4v) is 3.27. The minimum Gasteiger partial charge on any atom is -0.480 e. The van der Waals surface area contributed by atoms with E-state index in [1.807, 2.05) is 0 Å². The highest BCUT2D eigenvalue weighted by Gasteiger charge is 2.38. The Bertz CT molecular complexity index is 1040. The standard InChI is InChI=1S/C16H13F3N6O4S/c1-27-12-8(13(28-2)23-6-22-12)11(26)25-15-24-10(16(17,18)19)9(30-15)7-4-20-14(29-3)21-5-7/h4-6H,1-3H3,(H,24,25,26). The Morgan fingerprint density at radius 3 is 2.10 bits per heavy atom. The van der Waals surface area contributed by atoms with Crippen LogP contribution in [-0.2, 0) is 6.18 Å². The summed E-state index contributed by atoms with van der Waals surface area (Å²) in [4.78, 5) is 31.1. The Balaban J connectivity index is 2.00. The second-order valence-electron chi connectivity index (χ2n) is 5.37. The number of ether oxygens (including phenoxy) is 3. The van der Waals surface area contributed by atoms with Crippen LogP contribution in [0.5, 0.6) is 17.8 Å². The number of rotatable bonds is 6. The van der Waals surface area contributed by atoms with E-state index in [9.17, 15) is 18.0 Å². The lowest BCUT2D eigenvalue weighted by atomic mass is 10.2. The predicted molar refractivity (Wildman–Crippen MR) is 97.8 cm³/mol. The van der Waals surface area contributed by atoms with E-state index >= 15 is 0 Å². The van der Waals surface area contributed by atoms with Crippen molar-refractivity contribution in [2.75, 3.05) is 26.6 Å². The second kappa shape index (κ2) is 8.44. The molecule has 0 aliphatic heterocycles. The second-order valence-corrected chi connectivity index (χ2v) is 6.37. The fraction of sp³-hybridized carbons (Fsp3) is 0.250. The Morgan fingerprint density at radius 1 is 1.00 bits per heavy atom. The maximum absolute atomic E-state index is 13.5. The van der Waals surface area contributed by atoms with Crippen LogP contribution in [0.2, 0.25) is 0 Å². The van der Waals surface area contributed by atoms with Crippen molar-refractivity contribution in [1.29, 1.82) is 0 Å². The van der Waals surface area contributed by atoms with E-state index in [4.69, 9.17) is 14.2 Å². The van der Waals surface area contributed by atoms with Crippen molar-refractivity contribution in [2.24, 2.45) is 0 Å². The van der Waals surface area contributed by atoms with Crippen molar-refractivity contribution < 1.29 is 32.2 Å². The molecule has 3 aromatic heterocycles. The largest absolute Gasteiger partial charge is 0.480 e. The van der Waals surface area contributed by atoms with Gasteiger partial charge in [-0.1, -0.05) is 11.3 Å². The third kappa shape index (κ3) is 4.22. The zero-order valence-corrected chi connectivity index (χ0v) is 16.5. The number of thiazole rings is 1. The summed E-state index contributed by atoms with van der Waals surface area (Å²) in [5.74, 6) is -1.09. The fourth-order valence-electron chi connectivity index (χ4n) is 2.32. The van der Waals surface area contributed by atoms with Gasteiger partial charge in [0.2, 0.25) is 11.8 Å². The molecule has 0 aliphatic carbocycles. The van der Waals surface area contributed by atoms with Crippen molar-refractivity contribution in [1.82, 2.24) is 24.9 Å². The van der Waals surface area contributed by atoms with E-state index in [1.165, 1.54) is 21.3 Å². The summed E-state index contributed by atoms with van der Waals surface area (Å²) in [6.45, 7) is 0. The SMILES string of the molecule is COc1ncc(-c2sc(NC(=O)c3c(OC)ncnc3OC)nc2C(F)(F)F)cn1. The van der Waals surface area contributed by atoms with Gasteiger partial charge in [0.15, 0.2) is 16.4 Å². The predicted octanol–water partition coefficient (Wildman–Crippen LogP) is 2.69. The summed E-state index contributed by atoms with van der Waals surface area (Å²) in [5.41, 5.74) is -1.33. The molecule has 0 saturated heterocycles. The molecular weight excluding hydrogens is 429 g/mol. The Kier molecular flexibility index (Phi) is 5.96. The number of alkyl halides is 3. The lowest BCUT2D eigenvalue weighted by molar-refractivity contribution is -0.140. The average molecular weight is 442 g/mol. The number of hydrogen-bond donors (Lipinski definition) is 1. The molecule has 14 heteroatoms. The van der Waals surface area contributed by atoms with E-state index < -0.39 is 17.8 Å². The molecule has 1 N–H and O–H groups in total. The topological polar surface area (TPSA) is 121 Å². The number of halogens is 3. The van der Waals surface area contributed by atoms with E-state index in [0.29, 0.717) is 11.3 Å². The first kappa shape index (κ1) is 21.2. The molecule has 0 radical (unpaired) electrons. The maximum atomic E-state index is 13.5. The first-order chi connectivity index (χ1) is 14.3. The third-order valence-electron chi connectivity index (χ3n) is 3.58. The molecule has 3 aromatic rings. The monoisotopic (exact) mass is 442 g/mol. The van der Waals surface area contributed by atoms with Gasteiger partial charge in [0.05, 0.1) is 26.2 Å². The molecule has 0 fully saturated rings. The van der Waals surface area contributed by atoms with Crippen LogP contribution in [-0.4, -0.2) is 52.2 Å². The third-order valence-corrected chi connectivity index (χ3v) is 4.60. The molecule has 0 bridgehead atoms. The van der Waals surface area contributed by atoms with Crippen LogP contribution < -0.4 is 19.5 Å². The van der Waals surface area contributed by atoms with Gasteiger partial charge >= 0.3 is 12.2 Å². The normalized spacial score (nSPS) is 11.1. The van der Waals surface area contributed by atoms with Crippen LogP contribution >= 0.6 is 11.3 Å². The zero-order valence-electron chi connectivity index (χ0n) is 15.6. The number of nitrogens with one attached hydrogen (secondary N) is 1. The molecule has 3 heterocycles. The molecule has 0 aromatic carbocycles. The van der Waals surface area contributed by atoms with Crippen LogP contribution in [0.4, 0.5) is 18.3 Å². The molecule has 3 rings (SSSR count). The van der Waals surface area contributed by atoms with Gasteiger partial charge in [0.1, 0.15) is 6.33 Å². The summed E-state index contributed by atoms with van der Waals surface area (Å²) in [7, 11) is 3.86. The van der Waals surface area contributed by atoms with Crippen LogP contribution in [0, 0.1) is 0 Å². The smallest absolute Gasteiger partial charge is 0.434 e. The lowest BCUT2D eigenvalue weighted by Gasteiger charge is -2.09. The molecule has 0 aliphatic rings. The lowest BCUT2D eigenvalue weighted by Crippen LogP contribution is -2.16. The Labute approximate surface area is 171 Å². The molecule has 0 spiro atoms. The van der Waals surface area contributed by atoms with Crippen LogP contribution in [0.15, 0.2) is 18.7 Å². The van der Waals surface area contributed by atoms with Gasteiger partial charge in [0, 0.05) is 18.0 Å². The Hall–Kier alpha value is -3.55. The summed E-state index contributed by atoms with van der Waals surface area (Å²) in [5, 5.41) is 1.98. The summed E-state index contributed by atoms with van der Waals surface area (Å²) >= 11 is 0.597. The molecule has 10 nitrogen and oxygen atoms in total. The number of nitrogens with zero attached hydrogens (tertiary/aromatic N) is 5. The van der Waals surface area contributed by atoms with Crippen molar-refractivity contribution in [3.63, 3.8) is 0 Å². The molecular formula is C16H13F3N6O4S. The van der Waals surface area contributed by atoms with E-state index in [-0.39, 0.29) is 38.9 Å². The van der Waals surface area contributed by atoms with Gasteiger partial charge in [-0.25, -0.2) is 24.9 Å². The van der Waals surface area contributed by atoms with Gasteiger partial charge < -0.3 is 14.2 Å². The maximum Gasteiger partial charge on any atom is 0.434 e. The molecule has 30 heavy (non-hydrogen) atoms. The molecule has 1 amide bonds. The number of amides is 1. The van der Waals surface area contributed by atoms with Gasteiger partial charge in [-0.2, -0.15) is 13.2 Å². The molecule has 158 valence electrons. The number of hydrogen-bond acceptors (Lipinski definition) is 10. The summed E-state index contributed by atoms with van der Waals surface area (Å²) < 4.78 is 55.3. The summed E-state index contributed by atoms with van der Waals surface area (Å²) in [6, 6.07) is -0.00591. The number of anilines is 1. The minimum absolute atomic E-state index is 0.00591. The van der Waals surface area contributed by atoms with Gasteiger partial charge in [-0.3, -0.25) is 10.1 Å². The van der Waals surface area contributed by atoms with Gasteiger partial charge in [-0.05, 0) is 0 Å². The number of aromatic nitrogens is 5. The van der Waals surface area contributed by atoms with Crippen molar-refractivity contribution in [3.8, 4) is 28.2 Å². The van der Waals surface area contributed by atoms with Crippen molar-refractivity contribution in [2.45, 2.75) is 6.18 Å². The molecule has 0 unspecified atom stereocenters. The molecule has 0 atom stereocenters. The van der Waals surface area contributed by atoms with Crippen LogP contribution in [0.1, 0.15) is 16.1 Å². The average Bonchev–Trinajstić information content (AvgIpc) is 3.17. The number of carbonyl (C=O) groups is 1.